The molecule has 0 aliphatic carbocycles. The summed E-state index contributed by atoms with van der Waals surface area (Å²) in [4.78, 5) is 18.5. The van der Waals surface area contributed by atoms with E-state index in [2.05, 4.69) is 41.8 Å². The number of hydrogen-bond donors (Lipinski definition) is 0. The molecule has 1 aromatic rings. The smallest absolute Gasteiger partial charge is 0.239 e. The minimum absolute atomic E-state index is 0.0271. The first-order chi connectivity index (χ1) is 9.91. The molecule has 1 aliphatic heterocycles. The van der Waals surface area contributed by atoms with Crippen molar-refractivity contribution >= 4 is 11.6 Å². The zero-order valence-electron chi connectivity index (χ0n) is 13.9. The Bertz CT molecular complexity index is 505. The normalized spacial score (nSPS) is 17.7. The molecule has 1 amide bonds. The highest BCUT2D eigenvalue weighted by molar-refractivity contribution is 5.81. The third kappa shape index (κ3) is 3.38. The molecular formula is C17H27N3O. The number of carbonyl (C=O) groups is 1. The number of likely N-dealkylation sites (N-methyl/N-ethyl adjacent to an activating group) is 1. The van der Waals surface area contributed by atoms with Crippen LogP contribution in [0.5, 0.6) is 0 Å². The van der Waals surface area contributed by atoms with Crippen LogP contribution in [0.1, 0.15) is 18.1 Å². The number of rotatable bonds is 3. The Morgan fingerprint density at radius 1 is 1.14 bits per heavy atom. The largest absolute Gasteiger partial charge is 0.369 e. The lowest BCUT2D eigenvalue weighted by Crippen LogP contribution is -2.53. The highest BCUT2D eigenvalue weighted by Crippen LogP contribution is 2.24. The van der Waals surface area contributed by atoms with Crippen molar-refractivity contribution in [3.63, 3.8) is 0 Å². The molecule has 1 saturated heterocycles. The number of aryl methyl sites for hydroxylation is 1. The number of benzene rings is 1. The van der Waals surface area contributed by atoms with E-state index in [4.69, 9.17) is 0 Å². The molecule has 1 heterocycles. The van der Waals surface area contributed by atoms with Gasteiger partial charge in [-0.15, -0.1) is 0 Å². The Morgan fingerprint density at radius 2 is 1.76 bits per heavy atom. The molecular weight excluding hydrogens is 262 g/mol. The number of nitrogens with zero attached hydrogens (tertiary/aromatic N) is 3. The van der Waals surface area contributed by atoms with E-state index < -0.39 is 0 Å². The molecule has 1 fully saturated rings. The van der Waals surface area contributed by atoms with E-state index in [-0.39, 0.29) is 11.9 Å². The van der Waals surface area contributed by atoms with Crippen LogP contribution in [0.2, 0.25) is 0 Å². The number of anilines is 1. The fourth-order valence-electron chi connectivity index (χ4n) is 2.96. The predicted molar refractivity (Wildman–Crippen MR) is 87.9 cm³/mol. The quantitative estimate of drug-likeness (QED) is 0.850. The molecule has 0 saturated carbocycles. The first-order valence-corrected chi connectivity index (χ1v) is 7.68. The summed E-state index contributed by atoms with van der Waals surface area (Å²) in [5, 5.41) is 0. The fourth-order valence-corrected chi connectivity index (χ4v) is 2.96. The zero-order chi connectivity index (χ0) is 15.6. The lowest BCUT2D eigenvalue weighted by Gasteiger charge is -2.39. The van der Waals surface area contributed by atoms with Gasteiger partial charge in [0, 0.05) is 46.0 Å². The summed E-state index contributed by atoms with van der Waals surface area (Å²) in [5.74, 6) is 0.190. The van der Waals surface area contributed by atoms with E-state index in [0.29, 0.717) is 0 Å². The topological polar surface area (TPSA) is 26.8 Å². The second-order valence-corrected chi connectivity index (χ2v) is 6.15. The van der Waals surface area contributed by atoms with Crippen molar-refractivity contribution in [1.82, 2.24) is 9.80 Å². The third-order valence-corrected chi connectivity index (χ3v) is 4.58. The van der Waals surface area contributed by atoms with Crippen molar-refractivity contribution < 1.29 is 4.79 Å². The first kappa shape index (κ1) is 15.8. The van der Waals surface area contributed by atoms with E-state index in [1.807, 2.05) is 21.0 Å². The predicted octanol–water partition coefficient (Wildman–Crippen LogP) is 1.90. The van der Waals surface area contributed by atoms with E-state index in [1.165, 1.54) is 16.8 Å². The summed E-state index contributed by atoms with van der Waals surface area (Å²) in [6, 6.07) is 6.46. The van der Waals surface area contributed by atoms with E-state index in [9.17, 15) is 4.79 Å². The van der Waals surface area contributed by atoms with E-state index in [1.54, 1.807) is 4.90 Å². The van der Waals surface area contributed by atoms with Crippen molar-refractivity contribution in [2.45, 2.75) is 26.8 Å². The lowest BCUT2D eigenvalue weighted by atomic mass is 10.1. The van der Waals surface area contributed by atoms with E-state index >= 15 is 0 Å². The van der Waals surface area contributed by atoms with Crippen molar-refractivity contribution in [1.29, 1.82) is 0 Å². The van der Waals surface area contributed by atoms with Crippen LogP contribution in [-0.4, -0.2) is 62.0 Å². The van der Waals surface area contributed by atoms with Gasteiger partial charge in [-0.05, 0) is 38.0 Å². The highest BCUT2D eigenvalue weighted by atomic mass is 16.2. The molecule has 0 radical (unpaired) electrons. The van der Waals surface area contributed by atoms with Gasteiger partial charge in [0.15, 0.2) is 0 Å². The van der Waals surface area contributed by atoms with Crippen LogP contribution in [-0.2, 0) is 4.79 Å². The van der Waals surface area contributed by atoms with Crippen molar-refractivity contribution in [2.24, 2.45) is 0 Å². The monoisotopic (exact) mass is 289 g/mol. The van der Waals surface area contributed by atoms with Crippen molar-refractivity contribution in [3.8, 4) is 0 Å². The average molecular weight is 289 g/mol. The summed E-state index contributed by atoms with van der Waals surface area (Å²) >= 11 is 0. The summed E-state index contributed by atoms with van der Waals surface area (Å²) < 4.78 is 0. The summed E-state index contributed by atoms with van der Waals surface area (Å²) in [6.45, 7) is 10.2. The Balaban J connectivity index is 2.00. The number of hydrogen-bond acceptors (Lipinski definition) is 3. The van der Waals surface area contributed by atoms with Gasteiger partial charge in [-0.1, -0.05) is 12.1 Å². The standard InChI is InChI=1S/C17H27N3O/c1-13-7-6-8-16(14(13)2)20-11-9-19(10-12-20)15(3)17(21)18(4)5/h6-8,15H,9-12H2,1-5H3. The first-order valence-electron chi connectivity index (χ1n) is 7.68. The second-order valence-electron chi connectivity index (χ2n) is 6.15. The Labute approximate surface area is 128 Å². The molecule has 21 heavy (non-hydrogen) atoms. The molecule has 2 rings (SSSR count). The maximum absolute atomic E-state index is 12.1. The van der Waals surface area contributed by atoms with Gasteiger partial charge in [0.05, 0.1) is 6.04 Å². The maximum atomic E-state index is 12.1. The van der Waals surface area contributed by atoms with Crippen LogP contribution >= 0.6 is 0 Å². The number of carbonyl (C=O) groups excluding carboxylic acids is 1. The zero-order valence-corrected chi connectivity index (χ0v) is 13.9. The van der Waals surface area contributed by atoms with Gasteiger partial charge in [-0.25, -0.2) is 0 Å². The Kier molecular flexibility index (Phi) is 4.88. The SMILES string of the molecule is Cc1cccc(N2CCN(C(C)C(=O)N(C)C)CC2)c1C. The van der Waals surface area contributed by atoms with Crippen LogP contribution in [0.25, 0.3) is 0 Å². The maximum Gasteiger partial charge on any atom is 0.239 e. The van der Waals surface area contributed by atoms with E-state index in [0.717, 1.165) is 26.2 Å². The third-order valence-electron chi connectivity index (χ3n) is 4.58. The van der Waals surface area contributed by atoms with Crippen LogP contribution in [0, 0.1) is 13.8 Å². The lowest BCUT2D eigenvalue weighted by molar-refractivity contribution is -0.133. The molecule has 0 spiro atoms. The van der Waals surface area contributed by atoms with Gasteiger partial charge < -0.3 is 9.80 Å². The van der Waals surface area contributed by atoms with Crippen LogP contribution in [0.15, 0.2) is 18.2 Å². The molecule has 1 atom stereocenters. The van der Waals surface area contributed by atoms with Crippen molar-refractivity contribution in [2.75, 3.05) is 45.2 Å². The highest BCUT2D eigenvalue weighted by Gasteiger charge is 2.26. The molecule has 0 N–H and O–H groups in total. The molecule has 116 valence electrons. The van der Waals surface area contributed by atoms with Gasteiger partial charge in [0.25, 0.3) is 0 Å². The molecule has 0 bridgehead atoms. The molecule has 4 heteroatoms. The fraction of sp³-hybridized carbons (Fsp3) is 0.588. The number of amides is 1. The van der Waals surface area contributed by atoms with Crippen molar-refractivity contribution in [3.05, 3.63) is 29.3 Å². The minimum Gasteiger partial charge on any atom is -0.369 e. The summed E-state index contributed by atoms with van der Waals surface area (Å²) in [5.41, 5.74) is 4.04. The Morgan fingerprint density at radius 3 is 2.33 bits per heavy atom. The summed E-state index contributed by atoms with van der Waals surface area (Å²) in [6.07, 6.45) is 0. The van der Waals surface area contributed by atoms with Crippen LogP contribution in [0.3, 0.4) is 0 Å². The molecule has 1 aromatic carbocycles. The molecule has 1 aliphatic rings. The average Bonchev–Trinajstić information content (AvgIpc) is 2.48. The number of piperazine rings is 1. The molecule has 0 aromatic heterocycles. The minimum atomic E-state index is -0.0271. The van der Waals surface area contributed by atoms with Crippen LogP contribution < -0.4 is 4.90 Å². The van der Waals surface area contributed by atoms with Gasteiger partial charge in [0.1, 0.15) is 0 Å². The van der Waals surface area contributed by atoms with Gasteiger partial charge in [0.2, 0.25) is 5.91 Å². The van der Waals surface area contributed by atoms with Gasteiger partial charge >= 0.3 is 0 Å². The molecule has 4 nitrogen and oxygen atoms in total. The molecule has 1 unspecified atom stereocenters. The second kappa shape index (κ2) is 6.48. The Hall–Kier alpha value is -1.55. The van der Waals surface area contributed by atoms with Crippen LogP contribution in [0.4, 0.5) is 5.69 Å². The van der Waals surface area contributed by atoms with Gasteiger partial charge in [-0.3, -0.25) is 9.69 Å². The summed E-state index contributed by atoms with van der Waals surface area (Å²) in [7, 11) is 3.65. The van der Waals surface area contributed by atoms with Gasteiger partial charge in [-0.2, -0.15) is 0 Å².